The first kappa shape index (κ1) is 20.4. The molecule has 2 bridgehead atoms. The van der Waals surface area contributed by atoms with Crippen LogP contribution in [0.5, 0.6) is 0 Å². The summed E-state index contributed by atoms with van der Waals surface area (Å²) in [6.45, 7) is 0.400. The summed E-state index contributed by atoms with van der Waals surface area (Å²) >= 11 is 5.91. The van der Waals surface area contributed by atoms with Gasteiger partial charge >= 0.3 is 6.09 Å². The van der Waals surface area contributed by atoms with Crippen molar-refractivity contribution in [2.24, 2.45) is 0 Å². The molecule has 2 saturated heterocycles. The second-order valence-corrected chi connectivity index (χ2v) is 8.05. The highest BCUT2D eigenvalue weighted by Gasteiger charge is 2.50. The molecule has 0 aromatic heterocycles. The van der Waals surface area contributed by atoms with E-state index in [4.69, 9.17) is 16.3 Å². The Morgan fingerprint density at radius 1 is 0.933 bits per heavy atom. The number of hydrogen-bond donors (Lipinski definition) is 0. The van der Waals surface area contributed by atoms with E-state index < -0.39 is 18.2 Å². The molecule has 2 heterocycles. The molecular formula is C23H23ClN2O4. The minimum Gasteiger partial charge on any atom is -0.445 e. The zero-order valence-electron chi connectivity index (χ0n) is 16.5. The van der Waals surface area contributed by atoms with Gasteiger partial charge in [0.2, 0.25) is 0 Å². The molecule has 6 nitrogen and oxygen atoms in total. The van der Waals surface area contributed by atoms with Crippen LogP contribution >= 0.6 is 11.6 Å². The molecule has 156 valence electrons. The van der Waals surface area contributed by atoms with Gasteiger partial charge in [-0.15, -0.1) is 0 Å². The molecule has 2 fully saturated rings. The number of fused-ring (bicyclic) bond motifs is 2. The fourth-order valence-corrected chi connectivity index (χ4v) is 4.24. The highest BCUT2D eigenvalue weighted by atomic mass is 35.5. The fraction of sp³-hybridized carbons (Fsp3) is 0.348. The Hall–Kier alpha value is -2.86. The number of amides is 3. The molecule has 2 aliphatic rings. The van der Waals surface area contributed by atoms with Gasteiger partial charge in [0.25, 0.3) is 11.8 Å². The summed E-state index contributed by atoms with van der Waals surface area (Å²) in [7, 11) is 0. The summed E-state index contributed by atoms with van der Waals surface area (Å²) in [6.07, 6.45) is 1.76. The minimum atomic E-state index is -0.644. The van der Waals surface area contributed by atoms with Crippen LogP contribution in [0.25, 0.3) is 0 Å². The fourth-order valence-electron chi connectivity index (χ4n) is 4.11. The van der Waals surface area contributed by atoms with E-state index in [1.807, 2.05) is 42.5 Å². The van der Waals surface area contributed by atoms with Crippen molar-refractivity contribution in [2.75, 3.05) is 6.54 Å². The van der Waals surface area contributed by atoms with Gasteiger partial charge in [0.1, 0.15) is 18.7 Å². The van der Waals surface area contributed by atoms with Crippen molar-refractivity contribution in [3.05, 3.63) is 70.7 Å². The van der Waals surface area contributed by atoms with Gasteiger partial charge in [-0.3, -0.25) is 19.4 Å². The third kappa shape index (κ3) is 4.19. The number of benzene rings is 2. The third-order valence-corrected chi connectivity index (χ3v) is 5.93. The molecule has 7 heteroatoms. The maximum absolute atomic E-state index is 13.0. The number of imide groups is 1. The van der Waals surface area contributed by atoms with Crippen molar-refractivity contribution in [3.63, 3.8) is 0 Å². The first-order chi connectivity index (χ1) is 14.5. The number of halogens is 1. The highest BCUT2D eigenvalue weighted by molar-refractivity contribution is 6.30. The maximum Gasteiger partial charge on any atom is 0.411 e. The molecule has 0 aliphatic carbocycles. The van der Waals surface area contributed by atoms with E-state index in [0.717, 1.165) is 17.5 Å². The van der Waals surface area contributed by atoms with Crippen LogP contribution in [0, 0.1) is 0 Å². The summed E-state index contributed by atoms with van der Waals surface area (Å²) in [5.41, 5.74) is 1.85. The van der Waals surface area contributed by atoms with Crippen LogP contribution < -0.4 is 0 Å². The van der Waals surface area contributed by atoms with Crippen LogP contribution in [-0.4, -0.2) is 46.3 Å². The zero-order valence-corrected chi connectivity index (χ0v) is 17.3. The Morgan fingerprint density at radius 2 is 1.57 bits per heavy atom. The van der Waals surface area contributed by atoms with E-state index in [-0.39, 0.29) is 18.4 Å². The van der Waals surface area contributed by atoms with Gasteiger partial charge in [-0.2, -0.15) is 0 Å². The van der Waals surface area contributed by atoms with Crippen molar-refractivity contribution in [1.29, 1.82) is 0 Å². The molecule has 2 atom stereocenters. The SMILES string of the molecule is O=C1[C@H]2CCC[C@@H](C(=O)N1CCc1ccc(Cl)cc1)N2C(=O)OCc1ccccc1. The average molecular weight is 427 g/mol. The first-order valence-corrected chi connectivity index (χ1v) is 10.5. The molecule has 0 radical (unpaired) electrons. The van der Waals surface area contributed by atoms with Crippen LogP contribution in [0.1, 0.15) is 30.4 Å². The summed E-state index contributed by atoms with van der Waals surface area (Å²) in [5.74, 6) is -0.636. The summed E-state index contributed by atoms with van der Waals surface area (Å²) in [4.78, 5) is 41.5. The summed E-state index contributed by atoms with van der Waals surface area (Å²) in [6, 6.07) is 15.4. The Balaban J connectivity index is 1.44. The van der Waals surface area contributed by atoms with Gasteiger partial charge in [-0.25, -0.2) is 4.79 Å². The lowest BCUT2D eigenvalue weighted by Gasteiger charge is -2.46. The van der Waals surface area contributed by atoms with Gasteiger partial charge in [0.15, 0.2) is 0 Å². The number of carbonyl (C=O) groups excluding carboxylic acids is 3. The van der Waals surface area contributed by atoms with Crippen LogP contribution in [0.2, 0.25) is 5.02 Å². The number of ether oxygens (including phenoxy) is 1. The monoisotopic (exact) mass is 426 g/mol. The molecule has 3 amide bonds. The number of nitrogens with zero attached hydrogens (tertiary/aromatic N) is 2. The van der Waals surface area contributed by atoms with Crippen molar-refractivity contribution >= 4 is 29.5 Å². The Bertz CT molecular complexity index is 908. The molecule has 2 aromatic rings. The van der Waals surface area contributed by atoms with E-state index >= 15 is 0 Å². The Labute approximate surface area is 180 Å². The number of piperazine rings is 1. The molecule has 2 aliphatic heterocycles. The summed E-state index contributed by atoms with van der Waals surface area (Å²) in [5, 5.41) is 0.642. The number of carbonyl (C=O) groups is 3. The van der Waals surface area contributed by atoms with Crippen LogP contribution in [0.4, 0.5) is 4.79 Å². The van der Waals surface area contributed by atoms with Crippen molar-refractivity contribution < 1.29 is 19.1 Å². The predicted molar refractivity (Wildman–Crippen MR) is 112 cm³/mol. The molecule has 0 unspecified atom stereocenters. The van der Waals surface area contributed by atoms with E-state index in [2.05, 4.69) is 0 Å². The zero-order chi connectivity index (χ0) is 21.1. The number of likely N-dealkylation sites (tertiary alicyclic amines) is 1. The second kappa shape index (κ2) is 8.88. The van der Waals surface area contributed by atoms with Crippen LogP contribution in [0.3, 0.4) is 0 Å². The van der Waals surface area contributed by atoms with Crippen molar-refractivity contribution in [3.8, 4) is 0 Å². The quantitative estimate of drug-likeness (QED) is 0.682. The number of hydrogen-bond acceptors (Lipinski definition) is 4. The van der Waals surface area contributed by atoms with Crippen molar-refractivity contribution in [2.45, 2.75) is 44.4 Å². The molecule has 2 aromatic carbocycles. The van der Waals surface area contributed by atoms with Gasteiger partial charge in [-0.05, 0) is 48.9 Å². The predicted octanol–water partition coefficient (Wildman–Crippen LogP) is 3.81. The van der Waals surface area contributed by atoms with E-state index in [1.165, 1.54) is 9.80 Å². The molecule has 30 heavy (non-hydrogen) atoms. The molecule has 0 saturated carbocycles. The third-order valence-electron chi connectivity index (χ3n) is 5.68. The van der Waals surface area contributed by atoms with Gasteiger partial charge in [0.05, 0.1) is 0 Å². The summed E-state index contributed by atoms with van der Waals surface area (Å²) < 4.78 is 5.43. The largest absolute Gasteiger partial charge is 0.445 e. The minimum absolute atomic E-state index is 0.109. The standard InChI is InChI=1S/C23H23ClN2O4/c24-18-11-9-16(10-12-18)13-14-25-21(27)19-7-4-8-20(22(25)28)26(19)23(29)30-15-17-5-2-1-3-6-17/h1-3,5-6,9-12,19-20H,4,7-8,13-15H2/t19-,20+. The van der Waals surface area contributed by atoms with Gasteiger partial charge in [-0.1, -0.05) is 54.1 Å². The number of piperidine rings is 1. The Morgan fingerprint density at radius 3 is 2.20 bits per heavy atom. The Kier molecular flexibility index (Phi) is 6.04. The van der Waals surface area contributed by atoms with Crippen molar-refractivity contribution in [1.82, 2.24) is 9.80 Å². The second-order valence-electron chi connectivity index (χ2n) is 7.61. The number of rotatable bonds is 5. The average Bonchev–Trinajstić information content (AvgIpc) is 2.78. The molecule has 0 spiro atoms. The lowest BCUT2D eigenvalue weighted by Crippen LogP contribution is -2.68. The molecule has 4 rings (SSSR count). The van der Waals surface area contributed by atoms with E-state index in [0.29, 0.717) is 30.8 Å². The normalized spacial score (nSPS) is 21.0. The lowest BCUT2D eigenvalue weighted by atomic mass is 9.90. The van der Waals surface area contributed by atoms with E-state index in [1.54, 1.807) is 12.1 Å². The maximum atomic E-state index is 13.0. The topological polar surface area (TPSA) is 66.9 Å². The highest BCUT2D eigenvalue weighted by Crippen LogP contribution is 2.31. The van der Waals surface area contributed by atoms with E-state index in [9.17, 15) is 14.4 Å². The van der Waals surface area contributed by atoms with Crippen LogP contribution in [-0.2, 0) is 27.4 Å². The molecular weight excluding hydrogens is 404 g/mol. The smallest absolute Gasteiger partial charge is 0.411 e. The molecule has 0 N–H and O–H groups in total. The van der Waals surface area contributed by atoms with Gasteiger partial charge < -0.3 is 4.74 Å². The van der Waals surface area contributed by atoms with Gasteiger partial charge in [0, 0.05) is 11.6 Å². The van der Waals surface area contributed by atoms with Crippen LogP contribution in [0.15, 0.2) is 54.6 Å². The first-order valence-electron chi connectivity index (χ1n) is 10.1. The lowest BCUT2D eigenvalue weighted by molar-refractivity contribution is -0.162.